The lowest BCUT2D eigenvalue weighted by Crippen LogP contribution is -2.09. The van der Waals surface area contributed by atoms with E-state index in [2.05, 4.69) is 0 Å². The van der Waals surface area contributed by atoms with Crippen molar-refractivity contribution in [2.45, 2.75) is 6.92 Å². The Morgan fingerprint density at radius 3 is 2.38 bits per heavy atom. The Morgan fingerprint density at radius 2 is 1.69 bits per heavy atom. The van der Waals surface area contributed by atoms with Crippen molar-refractivity contribution in [3.8, 4) is 5.75 Å². The van der Waals surface area contributed by atoms with Gasteiger partial charge < -0.3 is 10.5 Å². The van der Waals surface area contributed by atoms with E-state index in [4.69, 9.17) is 10.5 Å². The van der Waals surface area contributed by atoms with E-state index in [1.807, 2.05) is 36.4 Å². The lowest BCUT2D eigenvalue weighted by molar-refractivity contribution is -0.384. The number of nitro groups is 1. The maximum Gasteiger partial charge on any atom is 0.339 e. The lowest BCUT2D eigenvalue weighted by Gasteiger charge is -2.05. The van der Waals surface area contributed by atoms with Gasteiger partial charge in [0.15, 0.2) is 0 Å². The van der Waals surface area contributed by atoms with E-state index in [9.17, 15) is 14.9 Å². The summed E-state index contributed by atoms with van der Waals surface area (Å²) in [6.45, 7) is 1.65. The fourth-order valence-electron chi connectivity index (χ4n) is 2.50. The molecule has 0 heterocycles. The molecule has 0 spiro atoms. The molecular weight excluding hydrogens is 332 g/mol. The number of nitrogen functional groups attached to an aromatic ring is 1. The Morgan fingerprint density at radius 1 is 1.04 bits per heavy atom. The van der Waals surface area contributed by atoms with Gasteiger partial charge in [-0.15, -0.1) is 0 Å². The van der Waals surface area contributed by atoms with Crippen LogP contribution in [0, 0.1) is 10.1 Å². The van der Waals surface area contributed by atoms with E-state index in [0.717, 1.165) is 16.3 Å². The van der Waals surface area contributed by atoms with Crippen LogP contribution in [-0.2, 0) is 4.79 Å². The number of nitrogens with two attached hydrogens (primary N) is 1. The number of carbonyl (C=O) groups excluding carboxylic acids is 1. The summed E-state index contributed by atoms with van der Waals surface area (Å²) >= 11 is 0. The number of rotatable bonds is 4. The standard InChI is InChI=1S/C20H16N2O4/c1-13(20(23)26-19-8-6-18(7-9-19)22(24)25)10-14-2-3-16-12-17(21)5-4-15(16)11-14/h2-12H,21H2,1H3/b13-10+. The first-order valence-electron chi connectivity index (χ1n) is 7.86. The van der Waals surface area contributed by atoms with Gasteiger partial charge in [-0.2, -0.15) is 0 Å². The molecule has 6 nitrogen and oxygen atoms in total. The van der Waals surface area contributed by atoms with Gasteiger partial charge in [-0.1, -0.05) is 18.2 Å². The second-order valence-electron chi connectivity index (χ2n) is 5.83. The van der Waals surface area contributed by atoms with Crippen LogP contribution in [0.2, 0.25) is 0 Å². The quantitative estimate of drug-likeness (QED) is 0.189. The smallest absolute Gasteiger partial charge is 0.339 e. The topological polar surface area (TPSA) is 95.5 Å². The molecule has 0 bridgehead atoms. The van der Waals surface area contributed by atoms with E-state index >= 15 is 0 Å². The predicted molar refractivity (Wildman–Crippen MR) is 101 cm³/mol. The average molecular weight is 348 g/mol. The number of benzene rings is 3. The number of esters is 1. The van der Waals surface area contributed by atoms with Gasteiger partial charge in [-0.25, -0.2) is 4.79 Å². The zero-order valence-electron chi connectivity index (χ0n) is 14.0. The molecule has 0 saturated carbocycles. The van der Waals surface area contributed by atoms with Crippen molar-refractivity contribution < 1.29 is 14.5 Å². The van der Waals surface area contributed by atoms with Crippen LogP contribution in [0.1, 0.15) is 12.5 Å². The predicted octanol–water partition coefficient (Wildman–Crippen LogP) is 4.34. The summed E-state index contributed by atoms with van der Waals surface area (Å²) < 4.78 is 5.24. The van der Waals surface area contributed by atoms with Gasteiger partial charge in [0.25, 0.3) is 5.69 Å². The summed E-state index contributed by atoms with van der Waals surface area (Å²) in [5, 5.41) is 12.7. The number of non-ortho nitro benzene ring substituents is 1. The third-order valence-corrected chi connectivity index (χ3v) is 3.85. The number of anilines is 1. The van der Waals surface area contributed by atoms with Crippen LogP contribution in [-0.4, -0.2) is 10.9 Å². The highest BCUT2D eigenvalue weighted by Gasteiger charge is 2.10. The minimum absolute atomic E-state index is 0.0612. The number of fused-ring (bicyclic) bond motifs is 1. The molecule has 0 unspecified atom stereocenters. The summed E-state index contributed by atoms with van der Waals surface area (Å²) in [7, 11) is 0. The van der Waals surface area contributed by atoms with Crippen molar-refractivity contribution in [3.63, 3.8) is 0 Å². The van der Waals surface area contributed by atoms with Crippen molar-refractivity contribution in [2.24, 2.45) is 0 Å². The molecule has 0 aliphatic rings. The fourth-order valence-corrected chi connectivity index (χ4v) is 2.50. The summed E-state index contributed by atoms with van der Waals surface area (Å²) in [5.74, 6) is -0.265. The molecule has 6 heteroatoms. The molecule has 0 amide bonds. The number of hydrogen-bond acceptors (Lipinski definition) is 5. The van der Waals surface area contributed by atoms with Crippen molar-refractivity contribution in [2.75, 3.05) is 5.73 Å². The van der Waals surface area contributed by atoms with E-state index in [1.165, 1.54) is 24.3 Å². The van der Waals surface area contributed by atoms with Gasteiger partial charge in [0.1, 0.15) is 5.75 Å². The molecule has 0 atom stereocenters. The van der Waals surface area contributed by atoms with Crippen LogP contribution >= 0.6 is 0 Å². The second kappa shape index (κ2) is 7.06. The van der Waals surface area contributed by atoms with Crippen LogP contribution in [0.4, 0.5) is 11.4 Å². The Hall–Kier alpha value is -3.67. The fraction of sp³-hybridized carbons (Fsp3) is 0.0500. The summed E-state index contributed by atoms with van der Waals surface area (Å²) in [5.41, 5.74) is 7.68. The van der Waals surface area contributed by atoms with E-state index in [1.54, 1.807) is 13.0 Å². The molecule has 3 rings (SSSR count). The van der Waals surface area contributed by atoms with Crippen LogP contribution < -0.4 is 10.5 Å². The van der Waals surface area contributed by atoms with Gasteiger partial charge >= 0.3 is 5.97 Å². The third-order valence-electron chi connectivity index (χ3n) is 3.85. The Balaban J connectivity index is 1.77. The molecule has 3 aromatic carbocycles. The Kier molecular flexibility index (Phi) is 4.66. The van der Waals surface area contributed by atoms with Crippen molar-refractivity contribution in [1.29, 1.82) is 0 Å². The van der Waals surface area contributed by atoms with Crippen LogP contribution in [0.25, 0.3) is 16.8 Å². The molecule has 26 heavy (non-hydrogen) atoms. The summed E-state index contributed by atoms with van der Waals surface area (Å²) in [6, 6.07) is 16.8. The highest BCUT2D eigenvalue weighted by Crippen LogP contribution is 2.22. The number of nitrogens with zero attached hydrogens (tertiary/aromatic N) is 1. The highest BCUT2D eigenvalue weighted by molar-refractivity contribution is 5.95. The molecular formula is C20H16N2O4. The minimum atomic E-state index is -0.517. The Labute approximate surface area is 149 Å². The highest BCUT2D eigenvalue weighted by atomic mass is 16.6. The van der Waals surface area contributed by atoms with Crippen molar-refractivity contribution >= 4 is 34.2 Å². The maximum atomic E-state index is 12.2. The van der Waals surface area contributed by atoms with Gasteiger partial charge in [0.2, 0.25) is 0 Å². The van der Waals surface area contributed by atoms with Gasteiger partial charge in [0, 0.05) is 23.4 Å². The summed E-state index contributed by atoms with van der Waals surface area (Å²) in [6.07, 6.45) is 1.73. The first kappa shape index (κ1) is 17.2. The molecule has 3 aromatic rings. The van der Waals surface area contributed by atoms with Crippen molar-refractivity contribution in [1.82, 2.24) is 0 Å². The molecule has 0 radical (unpaired) electrons. The number of hydrogen-bond donors (Lipinski definition) is 1. The molecule has 0 aliphatic carbocycles. The summed E-state index contributed by atoms with van der Waals surface area (Å²) in [4.78, 5) is 22.3. The van der Waals surface area contributed by atoms with E-state index in [0.29, 0.717) is 11.3 Å². The number of ether oxygens (including phenoxy) is 1. The lowest BCUT2D eigenvalue weighted by atomic mass is 10.0. The zero-order valence-corrected chi connectivity index (χ0v) is 14.0. The van der Waals surface area contributed by atoms with Crippen molar-refractivity contribution in [3.05, 3.63) is 81.9 Å². The molecule has 130 valence electrons. The molecule has 2 N–H and O–H groups in total. The average Bonchev–Trinajstić information content (AvgIpc) is 2.62. The second-order valence-corrected chi connectivity index (χ2v) is 5.83. The largest absolute Gasteiger partial charge is 0.423 e. The number of carbonyl (C=O) groups is 1. The molecule has 0 saturated heterocycles. The van der Waals surface area contributed by atoms with Crippen LogP contribution in [0.3, 0.4) is 0 Å². The maximum absolute atomic E-state index is 12.2. The van der Waals surface area contributed by atoms with Crippen LogP contribution in [0.15, 0.2) is 66.2 Å². The molecule has 0 fully saturated rings. The molecule has 0 aliphatic heterocycles. The third kappa shape index (κ3) is 3.87. The van der Waals surface area contributed by atoms with E-state index < -0.39 is 10.9 Å². The van der Waals surface area contributed by atoms with E-state index in [-0.39, 0.29) is 11.4 Å². The monoisotopic (exact) mass is 348 g/mol. The van der Waals surface area contributed by atoms with Gasteiger partial charge in [-0.05, 0) is 59.7 Å². The minimum Gasteiger partial charge on any atom is -0.423 e. The van der Waals surface area contributed by atoms with Gasteiger partial charge in [0.05, 0.1) is 4.92 Å². The normalized spacial score (nSPS) is 11.3. The van der Waals surface area contributed by atoms with Gasteiger partial charge in [-0.3, -0.25) is 10.1 Å². The Bertz CT molecular complexity index is 1020. The van der Waals surface area contributed by atoms with Crippen LogP contribution in [0.5, 0.6) is 5.75 Å². The SMILES string of the molecule is C/C(=C\c1ccc2cc(N)ccc2c1)C(=O)Oc1ccc([N+](=O)[O-])cc1. The first-order valence-corrected chi connectivity index (χ1v) is 7.86. The zero-order chi connectivity index (χ0) is 18.7. The number of nitro benzene ring substituents is 1. The molecule has 0 aromatic heterocycles. The first-order chi connectivity index (χ1) is 12.4.